The fourth-order valence-corrected chi connectivity index (χ4v) is 2.90. The van der Waals surface area contributed by atoms with Crippen LogP contribution in [0.2, 0.25) is 5.02 Å². The molecular formula is C19H15ClO3. The fourth-order valence-electron chi connectivity index (χ4n) is 2.54. The van der Waals surface area contributed by atoms with E-state index in [1.165, 1.54) is 0 Å². The van der Waals surface area contributed by atoms with E-state index in [0.29, 0.717) is 10.6 Å². The van der Waals surface area contributed by atoms with Crippen molar-refractivity contribution in [2.24, 2.45) is 0 Å². The van der Waals surface area contributed by atoms with Crippen LogP contribution in [0.4, 0.5) is 0 Å². The fraction of sp³-hybridized carbons (Fsp3) is 0.0526. The van der Waals surface area contributed by atoms with Crippen LogP contribution in [0.1, 0.15) is 5.56 Å². The van der Waals surface area contributed by atoms with E-state index >= 15 is 0 Å². The van der Waals surface area contributed by atoms with Crippen LogP contribution in [-0.2, 0) is 6.61 Å². The van der Waals surface area contributed by atoms with Gasteiger partial charge in [-0.15, -0.1) is 0 Å². The van der Waals surface area contributed by atoms with E-state index in [9.17, 15) is 15.3 Å². The van der Waals surface area contributed by atoms with Crippen molar-refractivity contribution in [1.29, 1.82) is 0 Å². The second-order valence-electron chi connectivity index (χ2n) is 5.25. The van der Waals surface area contributed by atoms with Crippen molar-refractivity contribution in [2.75, 3.05) is 0 Å². The second kappa shape index (κ2) is 6.32. The van der Waals surface area contributed by atoms with Crippen LogP contribution in [0.5, 0.6) is 11.5 Å². The highest BCUT2D eigenvalue weighted by atomic mass is 35.5. The van der Waals surface area contributed by atoms with Crippen molar-refractivity contribution in [3.63, 3.8) is 0 Å². The van der Waals surface area contributed by atoms with Crippen LogP contribution >= 0.6 is 11.6 Å². The van der Waals surface area contributed by atoms with Gasteiger partial charge in [-0.2, -0.15) is 0 Å². The van der Waals surface area contributed by atoms with E-state index in [-0.39, 0.29) is 18.1 Å². The molecule has 0 aliphatic rings. The summed E-state index contributed by atoms with van der Waals surface area (Å²) in [6.07, 6.45) is 0. The maximum Gasteiger partial charge on any atom is 0.115 e. The van der Waals surface area contributed by atoms with Gasteiger partial charge in [0.1, 0.15) is 11.5 Å². The van der Waals surface area contributed by atoms with Gasteiger partial charge in [0.2, 0.25) is 0 Å². The molecule has 3 N–H and O–H groups in total. The summed E-state index contributed by atoms with van der Waals surface area (Å²) in [5.74, 6) is 0.368. The molecule has 23 heavy (non-hydrogen) atoms. The number of aromatic hydroxyl groups is 2. The Morgan fingerprint density at radius 1 is 0.739 bits per heavy atom. The molecule has 0 heterocycles. The number of hydrogen-bond acceptors (Lipinski definition) is 3. The average Bonchev–Trinajstić information content (AvgIpc) is 2.56. The zero-order valence-corrected chi connectivity index (χ0v) is 13.0. The lowest BCUT2D eigenvalue weighted by molar-refractivity contribution is 0.282. The summed E-state index contributed by atoms with van der Waals surface area (Å²) < 4.78 is 0. The van der Waals surface area contributed by atoms with E-state index in [4.69, 9.17) is 11.6 Å². The van der Waals surface area contributed by atoms with Crippen molar-refractivity contribution >= 4 is 11.6 Å². The predicted octanol–water partition coefficient (Wildman–Crippen LogP) is 4.58. The van der Waals surface area contributed by atoms with Gasteiger partial charge in [-0.25, -0.2) is 0 Å². The average molecular weight is 327 g/mol. The lowest BCUT2D eigenvalue weighted by atomic mass is 9.92. The third kappa shape index (κ3) is 3.16. The minimum atomic E-state index is -0.110. The number of hydrogen-bond donors (Lipinski definition) is 3. The molecule has 3 aromatic carbocycles. The molecule has 0 fully saturated rings. The lowest BCUT2D eigenvalue weighted by Crippen LogP contribution is -1.91. The summed E-state index contributed by atoms with van der Waals surface area (Å²) >= 11 is 6.45. The third-order valence-electron chi connectivity index (χ3n) is 3.67. The standard InChI is InChI=1S/C19H15ClO3/c20-18-10-12(11-21)9-17(13-1-5-15(22)6-2-13)19(18)14-3-7-16(23)8-4-14/h1-10,21-23H,11H2. The monoisotopic (exact) mass is 326 g/mol. The Labute approximate surface area is 139 Å². The molecule has 0 spiro atoms. The molecule has 0 saturated heterocycles. The van der Waals surface area contributed by atoms with Gasteiger partial charge >= 0.3 is 0 Å². The van der Waals surface area contributed by atoms with Gasteiger partial charge in [0, 0.05) is 10.6 Å². The smallest absolute Gasteiger partial charge is 0.115 e. The largest absolute Gasteiger partial charge is 0.508 e. The van der Waals surface area contributed by atoms with Crippen molar-refractivity contribution in [3.8, 4) is 33.8 Å². The molecule has 0 aliphatic carbocycles. The van der Waals surface area contributed by atoms with Crippen LogP contribution in [0.3, 0.4) is 0 Å². The highest BCUT2D eigenvalue weighted by molar-refractivity contribution is 6.34. The van der Waals surface area contributed by atoms with Crippen molar-refractivity contribution in [3.05, 3.63) is 71.2 Å². The SMILES string of the molecule is OCc1cc(Cl)c(-c2ccc(O)cc2)c(-c2ccc(O)cc2)c1. The van der Waals surface area contributed by atoms with E-state index < -0.39 is 0 Å². The quantitative estimate of drug-likeness (QED) is 0.660. The Balaban J connectivity index is 2.25. The van der Waals surface area contributed by atoms with Gasteiger partial charge in [-0.3, -0.25) is 0 Å². The van der Waals surface area contributed by atoms with E-state index in [1.807, 2.05) is 6.07 Å². The molecule has 0 amide bonds. The normalized spacial score (nSPS) is 10.7. The number of phenolic OH excluding ortho intramolecular Hbond substituents is 2. The Morgan fingerprint density at radius 2 is 1.26 bits per heavy atom. The van der Waals surface area contributed by atoms with Gasteiger partial charge in [0.25, 0.3) is 0 Å². The van der Waals surface area contributed by atoms with Gasteiger partial charge in [0.05, 0.1) is 6.61 Å². The first-order chi connectivity index (χ1) is 11.1. The summed E-state index contributed by atoms with van der Waals surface area (Å²) in [4.78, 5) is 0. The van der Waals surface area contributed by atoms with Gasteiger partial charge < -0.3 is 15.3 Å². The Bertz CT molecular complexity index is 824. The second-order valence-corrected chi connectivity index (χ2v) is 5.66. The molecule has 116 valence electrons. The molecule has 0 aromatic heterocycles. The van der Waals surface area contributed by atoms with Crippen molar-refractivity contribution < 1.29 is 15.3 Å². The number of aliphatic hydroxyl groups is 1. The Morgan fingerprint density at radius 3 is 1.78 bits per heavy atom. The number of phenols is 2. The number of benzene rings is 3. The Kier molecular flexibility index (Phi) is 4.24. The van der Waals surface area contributed by atoms with Crippen LogP contribution in [0.25, 0.3) is 22.3 Å². The van der Waals surface area contributed by atoms with Crippen LogP contribution in [0.15, 0.2) is 60.7 Å². The zero-order valence-electron chi connectivity index (χ0n) is 12.2. The number of rotatable bonds is 3. The molecule has 0 atom stereocenters. The highest BCUT2D eigenvalue weighted by Gasteiger charge is 2.13. The lowest BCUT2D eigenvalue weighted by Gasteiger charge is -2.14. The van der Waals surface area contributed by atoms with Crippen molar-refractivity contribution in [2.45, 2.75) is 6.61 Å². The predicted molar refractivity (Wildman–Crippen MR) is 91.6 cm³/mol. The molecule has 4 heteroatoms. The van der Waals surface area contributed by atoms with Crippen LogP contribution < -0.4 is 0 Å². The van der Waals surface area contributed by atoms with Crippen molar-refractivity contribution in [1.82, 2.24) is 0 Å². The molecule has 0 radical (unpaired) electrons. The summed E-state index contributed by atoms with van der Waals surface area (Å²) in [5, 5.41) is 28.9. The van der Waals surface area contributed by atoms with E-state index in [0.717, 1.165) is 22.3 Å². The molecular weight excluding hydrogens is 312 g/mol. The molecule has 3 aromatic rings. The minimum Gasteiger partial charge on any atom is -0.508 e. The van der Waals surface area contributed by atoms with Gasteiger partial charge in [-0.05, 0) is 58.7 Å². The molecule has 3 rings (SSSR count). The zero-order chi connectivity index (χ0) is 16.4. The summed E-state index contributed by atoms with van der Waals surface area (Å²) in [5.41, 5.74) is 4.12. The first-order valence-electron chi connectivity index (χ1n) is 7.10. The van der Waals surface area contributed by atoms with E-state index in [1.54, 1.807) is 54.6 Å². The molecule has 0 saturated carbocycles. The maximum absolute atomic E-state index is 9.48. The molecule has 0 bridgehead atoms. The topological polar surface area (TPSA) is 60.7 Å². The molecule has 3 nitrogen and oxygen atoms in total. The molecule has 0 unspecified atom stereocenters. The van der Waals surface area contributed by atoms with Crippen LogP contribution in [-0.4, -0.2) is 15.3 Å². The third-order valence-corrected chi connectivity index (χ3v) is 3.96. The number of halogens is 1. The molecule has 0 aliphatic heterocycles. The van der Waals surface area contributed by atoms with Gasteiger partial charge in [-0.1, -0.05) is 35.9 Å². The minimum absolute atomic E-state index is 0.110. The maximum atomic E-state index is 9.48. The number of aliphatic hydroxyl groups excluding tert-OH is 1. The van der Waals surface area contributed by atoms with Crippen LogP contribution in [0, 0.1) is 0 Å². The summed E-state index contributed by atoms with van der Waals surface area (Å²) in [6, 6.07) is 17.2. The first kappa shape index (κ1) is 15.4. The summed E-state index contributed by atoms with van der Waals surface area (Å²) in [6.45, 7) is -0.110. The first-order valence-corrected chi connectivity index (χ1v) is 7.48. The van der Waals surface area contributed by atoms with E-state index in [2.05, 4.69) is 0 Å². The summed E-state index contributed by atoms with van der Waals surface area (Å²) in [7, 11) is 0. The highest BCUT2D eigenvalue weighted by Crippen LogP contribution is 2.39. The Hall–Kier alpha value is -2.49. The van der Waals surface area contributed by atoms with Gasteiger partial charge in [0.15, 0.2) is 0 Å².